The smallest absolute Gasteiger partial charge is 0.314 e. The number of carboxylic acid groups (broad SMARTS) is 1. The molecule has 17 heavy (non-hydrogen) atoms. The second-order valence-electron chi connectivity index (χ2n) is 4.52. The highest BCUT2D eigenvalue weighted by atomic mass is 16.4. The average Bonchev–Trinajstić information content (AvgIpc) is 2.98. The monoisotopic (exact) mass is 227 g/mol. The first-order valence-electron chi connectivity index (χ1n) is 5.70. The van der Waals surface area contributed by atoms with Crippen molar-refractivity contribution in [3.63, 3.8) is 0 Å². The third kappa shape index (κ3) is 1.55. The Morgan fingerprint density at radius 3 is 2.18 bits per heavy atom. The zero-order chi connectivity index (χ0) is 11.9. The Morgan fingerprint density at radius 2 is 1.71 bits per heavy atom. The van der Waals surface area contributed by atoms with Crippen molar-refractivity contribution >= 4 is 5.97 Å². The molecular weight excluding hydrogens is 214 g/mol. The van der Waals surface area contributed by atoms with Crippen LogP contribution in [0, 0.1) is 0 Å². The third-order valence-corrected chi connectivity index (χ3v) is 3.48. The van der Waals surface area contributed by atoms with E-state index in [1.807, 2.05) is 53.4 Å². The number of rotatable bonds is 3. The van der Waals surface area contributed by atoms with Gasteiger partial charge in [-0.15, -0.1) is 0 Å². The van der Waals surface area contributed by atoms with Gasteiger partial charge in [0.1, 0.15) is 0 Å². The van der Waals surface area contributed by atoms with Crippen molar-refractivity contribution in [3.05, 3.63) is 54.4 Å². The van der Waals surface area contributed by atoms with Crippen molar-refractivity contribution in [2.24, 2.45) is 0 Å². The number of hydrogen-bond acceptors (Lipinski definition) is 1. The molecule has 0 amide bonds. The maximum absolute atomic E-state index is 11.2. The molecule has 1 N–H and O–H groups in total. The summed E-state index contributed by atoms with van der Waals surface area (Å²) in [6.07, 6.45) is 5.45. The maximum atomic E-state index is 11.2. The Bertz CT molecular complexity index is 536. The predicted octanol–water partition coefficient (Wildman–Crippen LogP) is 2.59. The Morgan fingerprint density at radius 1 is 1.12 bits per heavy atom. The van der Waals surface area contributed by atoms with Crippen molar-refractivity contribution in [1.82, 2.24) is 4.57 Å². The van der Waals surface area contributed by atoms with E-state index in [9.17, 15) is 9.90 Å². The van der Waals surface area contributed by atoms with E-state index < -0.39 is 11.4 Å². The standard InChI is InChI=1S/C14H13NO2/c16-13(17)14(7-8-14)11-3-5-12(6-4-11)15-9-1-2-10-15/h1-6,9-10H,7-8H2,(H,16,17). The molecule has 1 aromatic carbocycles. The molecule has 0 saturated heterocycles. The second-order valence-corrected chi connectivity index (χ2v) is 4.52. The normalized spacial score (nSPS) is 16.7. The van der Waals surface area contributed by atoms with Crippen LogP contribution in [0.25, 0.3) is 5.69 Å². The molecule has 0 radical (unpaired) electrons. The van der Waals surface area contributed by atoms with Crippen LogP contribution in [0.3, 0.4) is 0 Å². The molecule has 1 aliphatic carbocycles. The first kappa shape index (κ1) is 10.1. The van der Waals surface area contributed by atoms with Crippen molar-refractivity contribution in [2.45, 2.75) is 18.3 Å². The van der Waals surface area contributed by atoms with Gasteiger partial charge in [-0.1, -0.05) is 12.1 Å². The Labute approximate surface area is 99.3 Å². The van der Waals surface area contributed by atoms with Gasteiger partial charge in [-0.25, -0.2) is 0 Å². The van der Waals surface area contributed by atoms with Gasteiger partial charge in [0.05, 0.1) is 5.41 Å². The quantitative estimate of drug-likeness (QED) is 0.875. The average molecular weight is 227 g/mol. The molecule has 3 nitrogen and oxygen atoms in total. The van der Waals surface area contributed by atoms with Crippen molar-refractivity contribution < 1.29 is 9.90 Å². The van der Waals surface area contributed by atoms with E-state index in [0.29, 0.717) is 0 Å². The molecule has 1 saturated carbocycles. The van der Waals surface area contributed by atoms with Gasteiger partial charge in [0, 0.05) is 18.1 Å². The molecule has 0 bridgehead atoms. The van der Waals surface area contributed by atoms with Crippen LogP contribution in [0.5, 0.6) is 0 Å². The van der Waals surface area contributed by atoms with Crippen LogP contribution in [-0.2, 0) is 10.2 Å². The highest BCUT2D eigenvalue weighted by molar-refractivity contribution is 5.84. The van der Waals surface area contributed by atoms with Crippen LogP contribution in [-0.4, -0.2) is 15.6 Å². The van der Waals surface area contributed by atoms with E-state index in [1.165, 1.54) is 0 Å². The highest BCUT2D eigenvalue weighted by Crippen LogP contribution is 2.48. The van der Waals surface area contributed by atoms with Gasteiger partial charge < -0.3 is 9.67 Å². The van der Waals surface area contributed by atoms with Crippen LogP contribution in [0.2, 0.25) is 0 Å². The number of aromatic nitrogens is 1. The van der Waals surface area contributed by atoms with E-state index in [2.05, 4.69) is 0 Å². The third-order valence-electron chi connectivity index (χ3n) is 3.48. The highest BCUT2D eigenvalue weighted by Gasteiger charge is 2.51. The van der Waals surface area contributed by atoms with Gasteiger partial charge >= 0.3 is 5.97 Å². The lowest BCUT2D eigenvalue weighted by atomic mass is 9.96. The Kier molecular flexibility index (Phi) is 2.08. The molecular formula is C14H13NO2. The molecule has 2 aromatic rings. The molecule has 3 heteroatoms. The summed E-state index contributed by atoms with van der Waals surface area (Å²) in [6.45, 7) is 0. The number of aliphatic carboxylic acids is 1. The zero-order valence-corrected chi connectivity index (χ0v) is 9.34. The summed E-state index contributed by atoms with van der Waals surface area (Å²) >= 11 is 0. The molecule has 1 heterocycles. The summed E-state index contributed by atoms with van der Waals surface area (Å²) in [5.41, 5.74) is 1.37. The lowest BCUT2D eigenvalue weighted by Gasteiger charge is -2.11. The summed E-state index contributed by atoms with van der Waals surface area (Å²) in [5, 5.41) is 9.21. The lowest BCUT2D eigenvalue weighted by molar-refractivity contribution is -0.140. The summed E-state index contributed by atoms with van der Waals surface area (Å²) in [4.78, 5) is 11.2. The molecule has 86 valence electrons. The summed E-state index contributed by atoms with van der Waals surface area (Å²) in [5.74, 6) is -0.703. The van der Waals surface area contributed by atoms with E-state index >= 15 is 0 Å². The molecule has 0 spiro atoms. The fourth-order valence-corrected chi connectivity index (χ4v) is 2.21. The van der Waals surface area contributed by atoms with Gasteiger partial charge in [0.15, 0.2) is 0 Å². The number of benzene rings is 1. The van der Waals surface area contributed by atoms with E-state index in [-0.39, 0.29) is 0 Å². The molecule has 0 unspecified atom stereocenters. The van der Waals surface area contributed by atoms with E-state index in [0.717, 1.165) is 24.1 Å². The Hall–Kier alpha value is -2.03. The number of carbonyl (C=O) groups is 1. The summed E-state index contributed by atoms with van der Waals surface area (Å²) < 4.78 is 2.00. The predicted molar refractivity (Wildman–Crippen MR) is 64.3 cm³/mol. The molecule has 1 aliphatic rings. The minimum absolute atomic E-state index is 0.602. The van der Waals surface area contributed by atoms with E-state index in [4.69, 9.17) is 0 Å². The maximum Gasteiger partial charge on any atom is 0.314 e. The SMILES string of the molecule is O=C(O)C1(c2ccc(-n3cccc3)cc2)CC1. The minimum atomic E-state index is -0.703. The zero-order valence-electron chi connectivity index (χ0n) is 9.34. The number of nitrogens with zero attached hydrogens (tertiary/aromatic N) is 1. The molecule has 1 aromatic heterocycles. The molecule has 0 atom stereocenters. The topological polar surface area (TPSA) is 42.2 Å². The first-order valence-corrected chi connectivity index (χ1v) is 5.70. The number of hydrogen-bond donors (Lipinski definition) is 1. The largest absolute Gasteiger partial charge is 0.481 e. The van der Waals surface area contributed by atoms with Crippen LogP contribution >= 0.6 is 0 Å². The van der Waals surface area contributed by atoms with Crippen LogP contribution in [0.4, 0.5) is 0 Å². The number of carboxylic acids is 1. The van der Waals surface area contributed by atoms with Gasteiger partial charge in [0.25, 0.3) is 0 Å². The fourth-order valence-electron chi connectivity index (χ4n) is 2.21. The van der Waals surface area contributed by atoms with Gasteiger partial charge in [-0.05, 0) is 42.7 Å². The van der Waals surface area contributed by atoms with Crippen molar-refractivity contribution in [1.29, 1.82) is 0 Å². The van der Waals surface area contributed by atoms with Gasteiger partial charge in [-0.3, -0.25) is 4.79 Å². The van der Waals surface area contributed by atoms with Crippen LogP contribution in [0.15, 0.2) is 48.8 Å². The minimum Gasteiger partial charge on any atom is -0.481 e. The molecule has 1 fully saturated rings. The second kappa shape index (κ2) is 3.48. The summed E-state index contributed by atoms with van der Waals surface area (Å²) in [6, 6.07) is 11.7. The van der Waals surface area contributed by atoms with Crippen LogP contribution in [0.1, 0.15) is 18.4 Å². The van der Waals surface area contributed by atoms with Crippen molar-refractivity contribution in [3.8, 4) is 5.69 Å². The first-order chi connectivity index (χ1) is 8.22. The van der Waals surface area contributed by atoms with Gasteiger partial charge in [-0.2, -0.15) is 0 Å². The molecule has 0 aliphatic heterocycles. The summed E-state index contributed by atoms with van der Waals surface area (Å²) in [7, 11) is 0. The van der Waals surface area contributed by atoms with Crippen molar-refractivity contribution in [2.75, 3.05) is 0 Å². The Balaban J connectivity index is 1.94. The molecule has 3 rings (SSSR count). The fraction of sp³-hybridized carbons (Fsp3) is 0.214. The lowest BCUT2D eigenvalue weighted by Crippen LogP contribution is -2.19. The van der Waals surface area contributed by atoms with Gasteiger partial charge in [0.2, 0.25) is 0 Å². The van der Waals surface area contributed by atoms with E-state index in [1.54, 1.807) is 0 Å². The van der Waals surface area contributed by atoms with Crippen LogP contribution < -0.4 is 0 Å².